The molecule has 1 saturated heterocycles. The minimum atomic E-state index is -0.528. The molecule has 2 aliphatic rings. The molecule has 0 unspecified atom stereocenters. The number of nitrogens with one attached hydrogen (secondary N) is 1. The van der Waals surface area contributed by atoms with Gasteiger partial charge in [-0.2, -0.15) is 5.10 Å². The van der Waals surface area contributed by atoms with Crippen molar-refractivity contribution < 1.29 is 13.5 Å². The minimum Gasteiger partial charge on any atom is -0.491 e. The maximum atomic E-state index is 14.9. The van der Waals surface area contributed by atoms with E-state index in [2.05, 4.69) is 25.1 Å². The van der Waals surface area contributed by atoms with Crippen molar-refractivity contribution in [3.8, 4) is 17.0 Å². The second kappa shape index (κ2) is 8.42. The van der Waals surface area contributed by atoms with Crippen molar-refractivity contribution in [2.75, 3.05) is 31.6 Å². The van der Waals surface area contributed by atoms with Crippen molar-refractivity contribution in [2.24, 2.45) is 17.6 Å². The van der Waals surface area contributed by atoms with Gasteiger partial charge in [-0.1, -0.05) is 24.3 Å². The lowest BCUT2D eigenvalue weighted by Gasteiger charge is -2.26. The smallest absolute Gasteiger partial charge is 0.180 e. The fraction of sp³-hybridized carbons (Fsp3) is 0.286. The molecular weight excluding hydrogens is 488 g/mol. The van der Waals surface area contributed by atoms with Crippen LogP contribution in [0.4, 0.5) is 14.6 Å². The highest BCUT2D eigenvalue weighted by Crippen LogP contribution is 2.63. The van der Waals surface area contributed by atoms with Crippen LogP contribution in [0.25, 0.3) is 33.3 Å². The second-order valence-corrected chi connectivity index (χ2v) is 10.0. The molecule has 192 valence electrons. The van der Waals surface area contributed by atoms with Crippen LogP contribution < -0.4 is 15.4 Å². The molecule has 0 spiro atoms. The third kappa shape index (κ3) is 3.16. The van der Waals surface area contributed by atoms with Crippen LogP contribution in [0.3, 0.4) is 0 Å². The van der Waals surface area contributed by atoms with Crippen LogP contribution >= 0.6 is 0 Å². The molecule has 1 aliphatic carbocycles. The maximum Gasteiger partial charge on any atom is 0.180 e. The SMILES string of the molecule is COc1c(F)cc(-c2n[nH]c3nc(N4CC[C@@H]5[C@H](C4)[C@@]5(CN)c4ccccc4F)cnc23)c2cccnc12. The number of fused-ring (bicyclic) bond motifs is 3. The lowest BCUT2D eigenvalue weighted by Crippen LogP contribution is -2.32. The van der Waals surface area contributed by atoms with Crippen LogP contribution in [-0.2, 0) is 5.41 Å². The number of hydrogen-bond acceptors (Lipinski definition) is 7. The molecule has 5 aromatic rings. The fourth-order valence-corrected chi connectivity index (χ4v) is 6.55. The average Bonchev–Trinajstić information content (AvgIpc) is 3.41. The summed E-state index contributed by atoms with van der Waals surface area (Å²) in [6.07, 6.45) is 4.21. The number of piperidine rings is 1. The third-order valence-corrected chi connectivity index (χ3v) is 8.38. The Balaban J connectivity index is 1.22. The van der Waals surface area contributed by atoms with Gasteiger partial charge < -0.3 is 15.4 Å². The molecule has 1 saturated carbocycles. The lowest BCUT2D eigenvalue weighted by atomic mass is 9.91. The monoisotopic (exact) mass is 513 g/mol. The van der Waals surface area contributed by atoms with Crippen LogP contribution in [0.2, 0.25) is 0 Å². The number of ether oxygens (including phenoxy) is 1. The van der Waals surface area contributed by atoms with Crippen molar-refractivity contribution in [1.29, 1.82) is 0 Å². The Morgan fingerprint density at radius 1 is 1.11 bits per heavy atom. The molecule has 0 bridgehead atoms. The molecule has 2 fully saturated rings. The van der Waals surface area contributed by atoms with E-state index >= 15 is 0 Å². The Morgan fingerprint density at radius 3 is 2.79 bits per heavy atom. The molecule has 10 heteroatoms. The summed E-state index contributed by atoms with van der Waals surface area (Å²) in [5.74, 6) is 0.676. The maximum absolute atomic E-state index is 14.9. The van der Waals surface area contributed by atoms with Gasteiger partial charge in [-0.25, -0.2) is 18.7 Å². The highest BCUT2D eigenvalue weighted by atomic mass is 19.1. The Bertz CT molecular complexity index is 1710. The number of hydrogen-bond donors (Lipinski definition) is 2. The second-order valence-electron chi connectivity index (χ2n) is 10.0. The largest absolute Gasteiger partial charge is 0.491 e. The van der Waals surface area contributed by atoms with Gasteiger partial charge in [0.15, 0.2) is 17.2 Å². The van der Waals surface area contributed by atoms with Crippen molar-refractivity contribution in [3.05, 3.63) is 72.1 Å². The Hall–Kier alpha value is -4.18. The predicted molar refractivity (Wildman–Crippen MR) is 140 cm³/mol. The van der Waals surface area contributed by atoms with Gasteiger partial charge in [0.2, 0.25) is 0 Å². The number of H-pyrrole nitrogens is 1. The zero-order valence-electron chi connectivity index (χ0n) is 20.7. The number of anilines is 1. The lowest BCUT2D eigenvalue weighted by molar-refractivity contribution is 0.391. The van der Waals surface area contributed by atoms with E-state index in [1.807, 2.05) is 18.2 Å². The van der Waals surface area contributed by atoms with E-state index < -0.39 is 5.82 Å². The van der Waals surface area contributed by atoms with Crippen LogP contribution in [0.1, 0.15) is 12.0 Å². The first-order chi connectivity index (χ1) is 18.6. The number of pyridine rings is 1. The first kappa shape index (κ1) is 23.0. The molecule has 3 N–H and O–H groups in total. The highest BCUT2D eigenvalue weighted by molar-refractivity contribution is 6.02. The predicted octanol–water partition coefficient (Wildman–Crippen LogP) is 4.21. The molecule has 7 rings (SSSR count). The zero-order valence-corrected chi connectivity index (χ0v) is 20.7. The fourth-order valence-electron chi connectivity index (χ4n) is 6.55. The van der Waals surface area contributed by atoms with E-state index in [1.165, 1.54) is 19.2 Å². The third-order valence-electron chi connectivity index (χ3n) is 8.38. The summed E-state index contributed by atoms with van der Waals surface area (Å²) >= 11 is 0. The normalized spacial score (nSPS) is 22.6. The molecule has 8 nitrogen and oxygen atoms in total. The first-order valence-corrected chi connectivity index (χ1v) is 12.6. The van der Waals surface area contributed by atoms with Gasteiger partial charge in [-0.05, 0) is 42.0 Å². The number of nitrogens with zero attached hydrogens (tertiary/aromatic N) is 5. The van der Waals surface area contributed by atoms with Gasteiger partial charge in [0.05, 0.1) is 13.3 Å². The minimum absolute atomic E-state index is 0.0879. The summed E-state index contributed by atoms with van der Waals surface area (Å²) in [6.45, 7) is 1.91. The Morgan fingerprint density at radius 2 is 1.97 bits per heavy atom. The van der Waals surface area contributed by atoms with E-state index in [9.17, 15) is 8.78 Å². The Labute approximate surface area is 216 Å². The molecular formula is C28H25F2N7O. The molecule has 0 amide bonds. The van der Waals surface area contributed by atoms with E-state index in [0.29, 0.717) is 57.2 Å². The molecule has 3 aromatic heterocycles. The molecule has 2 aromatic carbocycles. The standard InChI is InChI=1S/C28H25F2N7O/c1-38-26-21(30)11-16(15-5-4-9-32-24(15)26)23-25-27(36-35-23)34-22(12-33-25)37-10-8-17-19(13-37)28(17,14-31)18-6-2-3-7-20(18)29/h2-7,9,11-12,17,19H,8,10,13-14,31H2,1H3,(H,34,35,36)/t17-,19+,28-/m1/s1. The first-order valence-electron chi connectivity index (χ1n) is 12.6. The van der Waals surface area contributed by atoms with Crippen LogP contribution in [0.5, 0.6) is 5.75 Å². The number of aromatic amines is 1. The number of methoxy groups -OCH3 is 1. The summed E-state index contributed by atoms with van der Waals surface area (Å²) in [4.78, 5) is 16.0. The molecule has 4 heterocycles. The summed E-state index contributed by atoms with van der Waals surface area (Å²) in [7, 11) is 1.42. The molecule has 0 radical (unpaired) electrons. The van der Waals surface area contributed by atoms with Gasteiger partial charge >= 0.3 is 0 Å². The molecule has 3 atom stereocenters. The highest BCUT2D eigenvalue weighted by Gasteiger charge is 2.66. The molecule has 38 heavy (non-hydrogen) atoms. The number of benzene rings is 2. The number of rotatable bonds is 5. The average molecular weight is 514 g/mol. The van der Waals surface area contributed by atoms with Gasteiger partial charge in [0, 0.05) is 42.2 Å². The number of nitrogens with two attached hydrogens (primary N) is 1. The van der Waals surface area contributed by atoms with Gasteiger partial charge in [0.1, 0.15) is 28.4 Å². The van der Waals surface area contributed by atoms with Crippen molar-refractivity contribution in [1.82, 2.24) is 25.1 Å². The van der Waals surface area contributed by atoms with Crippen molar-refractivity contribution in [2.45, 2.75) is 11.8 Å². The van der Waals surface area contributed by atoms with Crippen LogP contribution in [0, 0.1) is 23.5 Å². The molecule has 1 aliphatic heterocycles. The number of aromatic nitrogens is 5. The zero-order chi connectivity index (χ0) is 26.0. The number of halogens is 2. The summed E-state index contributed by atoms with van der Waals surface area (Å²) < 4.78 is 34.8. The van der Waals surface area contributed by atoms with Crippen LogP contribution in [0.15, 0.2) is 54.9 Å². The summed E-state index contributed by atoms with van der Waals surface area (Å²) in [6, 6.07) is 12.0. The van der Waals surface area contributed by atoms with Gasteiger partial charge in [-0.3, -0.25) is 10.1 Å². The van der Waals surface area contributed by atoms with Gasteiger partial charge in [-0.15, -0.1) is 0 Å². The van der Waals surface area contributed by atoms with E-state index in [-0.39, 0.29) is 22.9 Å². The summed E-state index contributed by atoms with van der Waals surface area (Å²) in [5.41, 5.74) is 9.11. The van der Waals surface area contributed by atoms with E-state index in [4.69, 9.17) is 15.5 Å². The van der Waals surface area contributed by atoms with E-state index in [0.717, 1.165) is 19.5 Å². The topological polar surface area (TPSA) is 106 Å². The van der Waals surface area contributed by atoms with Crippen molar-refractivity contribution >= 4 is 27.9 Å². The quantitative estimate of drug-likeness (QED) is 0.363. The van der Waals surface area contributed by atoms with Crippen molar-refractivity contribution in [3.63, 3.8) is 0 Å². The Kier molecular flexibility index (Phi) is 5.09. The van der Waals surface area contributed by atoms with Gasteiger partial charge in [0.25, 0.3) is 0 Å². The van der Waals surface area contributed by atoms with E-state index in [1.54, 1.807) is 24.5 Å². The van der Waals surface area contributed by atoms with Crippen LogP contribution in [-0.4, -0.2) is 51.9 Å². The summed E-state index contributed by atoms with van der Waals surface area (Å²) in [5, 5.41) is 8.11.